The van der Waals surface area contributed by atoms with E-state index >= 15 is 0 Å². The molecule has 1 aromatic rings. The molecule has 5 nitrogen and oxygen atoms in total. The Labute approximate surface area is 88.8 Å². The molecule has 0 unspecified atom stereocenters. The van der Waals surface area contributed by atoms with E-state index in [4.69, 9.17) is 4.74 Å². The van der Waals surface area contributed by atoms with Crippen molar-refractivity contribution in [2.45, 2.75) is 19.4 Å². The maximum atomic E-state index is 5.31. The molecule has 0 bridgehead atoms. The van der Waals surface area contributed by atoms with Gasteiger partial charge in [-0.1, -0.05) is 0 Å². The number of nitrogens with one attached hydrogen (secondary N) is 1. The van der Waals surface area contributed by atoms with Gasteiger partial charge in [0.1, 0.15) is 0 Å². The van der Waals surface area contributed by atoms with Gasteiger partial charge in [-0.05, 0) is 25.9 Å². The summed E-state index contributed by atoms with van der Waals surface area (Å²) in [5.74, 6) is 0. The zero-order valence-corrected chi connectivity index (χ0v) is 8.78. The Morgan fingerprint density at radius 1 is 1.40 bits per heavy atom. The van der Waals surface area contributed by atoms with E-state index in [1.807, 2.05) is 0 Å². The number of piperidine rings is 1. The van der Waals surface area contributed by atoms with E-state index < -0.39 is 0 Å². The summed E-state index contributed by atoms with van der Waals surface area (Å²) in [5.41, 5.74) is 1.57. The van der Waals surface area contributed by atoms with Crippen molar-refractivity contribution in [2.75, 3.05) is 26.3 Å². The summed E-state index contributed by atoms with van der Waals surface area (Å²) >= 11 is 0. The van der Waals surface area contributed by atoms with Gasteiger partial charge in [0.05, 0.1) is 25.1 Å². The van der Waals surface area contributed by atoms with Gasteiger partial charge < -0.3 is 4.74 Å². The number of aromatic nitrogens is 3. The van der Waals surface area contributed by atoms with E-state index in [2.05, 4.69) is 20.3 Å². The van der Waals surface area contributed by atoms with Gasteiger partial charge in [0.25, 0.3) is 0 Å². The first-order valence-corrected chi connectivity index (χ1v) is 5.51. The van der Waals surface area contributed by atoms with Gasteiger partial charge in [-0.2, -0.15) is 15.4 Å². The molecular weight excluding hydrogens is 192 g/mol. The van der Waals surface area contributed by atoms with Crippen LogP contribution in [0, 0.1) is 5.41 Å². The lowest BCUT2D eigenvalue weighted by Gasteiger charge is -2.47. The summed E-state index contributed by atoms with van der Waals surface area (Å²) in [5, 5.41) is 10.6. The van der Waals surface area contributed by atoms with Crippen LogP contribution in [0.15, 0.2) is 6.20 Å². The Bertz CT molecular complexity index is 310. The third kappa shape index (κ3) is 1.77. The van der Waals surface area contributed by atoms with E-state index in [1.165, 1.54) is 12.8 Å². The molecule has 1 spiro atoms. The van der Waals surface area contributed by atoms with Crippen LogP contribution >= 0.6 is 0 Å². The maximum Gasteiger partial charge on any atom is 0.0964 e. The molecule has 82 valence electrons. The third-order valence-corrected chi connectivity index (χ3v) is 3.58. The van der Waals surface area contributed by atoms with Gasteiger partial charge >= 0.3 is 0 Å². The number of rotatable bonds is 2. The fourth-order valence-electron chi connectivity index (χ4n) is 2.40. The fourth-order valence-corrected chi connectivity index (χ4v) is 2.40. The van der Waals surface area contributed by atoms with Crippen LogP contribution in [0.4, 0.5) is 0 Å². The smallest absolute Gasteiger partial charge is 0.0964 e. The molecule has 2 aliphatic heterocycles. The predicted octanol–water partition coefficient (Wildman–Crippen LogP) is 0.417. The van der Waals surface area contributed by atoms with Crippen LogP contribution in [0.3, 0.4) is 0 Å². The largest absolute Gasteiger partial charge is 0.380 e. The van der Waals surface area contributed by atoms with Crippen molar-refractivity contribution in [1.29, 1.82) is 0 Å². The molecule has 0 aromatic carbocycles. The van der Waals surface area contributed by atoms with Crippen molar-refractivity contribution in [2.24, 2.45) is 5.41 Å². The molecule has 1 aromatic heterocycles. The second kappa shape index (κ2) is 3.57. The first-order valence-electron chi connectivity index (χ1n) is 5.51. The summed E-state index contributed by atoms with van der Waals surface area (Å²) in [6.45, 7) is 5.20. The lowest BCUT2D eigenvalue weighted by atomic mass is 9.77. The minimum absolute atomic E-state index is 0.528. The molecule has 15 heavy (non-hydrogen) atoms. The number of hydrogen-bond donors (Lipinski definition) is 1. The number of likely N-dealkylation sites (tertiary alicyclic amines) is 1. The molecule has 2 saturated heterocycles. The summed E-state index contributed by atoms with van der Waals surface area (Å²) in [7, 11) is 0. The average Bonchev–Trinajstić information content (AvgIpc) is 2.69. The van der Waals surface area contributed by atoms with Gasteiger partial charge in [-0.25, -0.2) is 0 Å². The normalized spacial score (nSPS) is 25.3. The Kier molecular flexibility index (Phi) is 2.21. The quantitative estimate of drug-likeness (QED) is 0.765. The molecule has 5 heteroatoms. The lowest BCUT2D eigenvalue weighted by molar-refractivity contribution is -0.140. The second-order valence-corrected chi connectivity index (χ2v) is 4.73. The van der Waals surface area contributed by atoms with Gasteiger partial charge in [-0.3, -0.25) is 4.90 Å². The van der Waals surface area contributed by atoms with E-state index in [-0.39, 0.29) is 0 Å². The van der Waals surface area contributed by atoms with Crippen molar-refractivity contribution < 1.29 is 4.74 Å². The van der Waals surface area contributed by atoms with Crippen LogP contribution < -0.4 is 0 Å². The highest BCUT2D eigenvalue weighted by atomic mass is 16.5. The van der Waals surface area contributed by atoms with Crippen molar-refractivity contribution in [3.8, 4) is 0 Å². The van der Waals surface area contributed by atoms with Crippen LogP contribution in [-0.4, -0.2) is 46.6 Å². The molecular formula is C10H16N4O. The second-order valence-electron chi connectivity index (χ2n) is 4.73. The number of H-pyrrole nitrogens is 1. The Hall–Kier alpha value is -0.940. The maximum absolute atomic E-state index is 5.31. The monoisotopic (exact) mass is 208 g/mol. The van der Waals surface area contributed by atoms with Crippen molar-refractivity contribution in [1.82, 2.24) is 20.3 Å². The van der Waals surface area contributed by atoms with Gasteiger partial charge in [-0.15, -0.1) is 0 Å². The van der Waals surface area contributed by atoms with Gasteiger partial charge in [0, 0.05) is 12.0 Å². The van der Waals surface area contributed by atoms with Crippen molar-refractivity contribution in [3.05, 3.63) is 11.9 Å². The van der Waals surface area contributed by atoms with E-state index in [9.17, 15) is 0 Å². The molecule has 2 fully saturated rings. The molecule has 0 aliphatic carbocycles. The van der Waals surface area contributed by atoms with E-state index in [0.29, 0.717) is 5.41 Å². The fraction of sp³-hybridized carbons (Fsp3) is 0.800. The van der Waals surface area contributed by atoms with Crippen LogP contribution in [0.5, 0.6) is 0 Å². The summed E-state index contributed by atoms with van der Waals surface area (Å²) in [6.07, 6.45) is 4.34. The molecule has 0 atom stereocenters. The van der Waals surface area contributed by atoms with Gasteiger partial charge in [0.15, 0.2) is 0 Å². The molecule has 3 rings (SSSR count). The minimum Gasteiger partial charge on any atom is -0.380 e. The SMILES string of the molecule is c1n[nH]nc1CN1CCC2(CC1)COC2. The molecule has 0 radical (unpaired) electrons. The van der Waals surface area contributed by atoms with E-state index in [0.717, 1.165) is 38.5 Å². The zero-order valence-electron chi connectivity index (χ0n) is 8.78. The molecule has 2 aliphatic rings. The number of hydrogen-bond acceptors (Lipinski definition) is 4. The summed E-state index contributed by atoms with van der Waals surface area (Å²) in [4.78, 5) is 2.45. The number of aromatic amines is 1. The average molecular weight is 208 g/mol. The first kappa shape index (κ1) is 9.30. The Balaban J connectivity index is 1.53. The summed E-state index contributed by atoms with van der Waals surface area (Å²) in [6, 6.07) is 0. The number of nitrogens with zero attached hydrogens (tertiary/aromatic N) is 3. The number of ether oxygens (including phenoxy) is 1. The minimum atomic E-state index is 0.528. The highest BCUT2D eigenvalue weighted by molar-refractivity contribution is 4.94. The highest BCUT2D eigenvalue weighted by Gasteiger charge is 2.40. The topological polar surface area (TPSA) is 54.0 Å². The molecule has 0 saturated carbocycles. The van der Waals surface area contributed by atoms with Crippen molar-refractivity contribution in [3.63, 3.8) is 0 Å². The predicted molar refractivity (Wildman–Crippen MR) is 54.1 cm³/mol. The third-order valence-electron chi connectivity index (χ3n) is 3.58. The first-order chi connectivity index (χ1) is 7.36. The van der Waals surface area contributed by atoms with Gasteiger partial charge in [0.2, 0.25) is 0 Å². The van der Waals surface area contributed by atoms with Crippen LogP contribution in [0.25, 0.3) is 0 Å². The molecule has 3 heterocycles. The van der Waals surface area contributed by atoms with Crippen LogP contribution in [-0.2, 0) is 11.3 Å². The van der Waals surface area contributed by atoms with E-state index in [1.54, 1.807) is 6.20 Å². The Morgan fingerprint density at radius 2 is 2.20 bits per heavy atom. The Morgan fingerprint density at radius 3 is 2.73 bits per heavy atom. The molecule has 0 amide bonds. The molecule has 1 N–H and O–H groups in total. The van der Waals surface area contributed by atoms with Crippen LogP contribution in [0.1, 0.15) is 18.5 Å². The van der Waals surface area contributed by atoms with Crippen LogP contribution in [0.2, 0.25) is 0 Å². The standard InChI is InChI=1S/C10H16N4O/c1-3-14(6-9-5-11-13-12-9)4-2-10(1)7-15-8-10/h5H,1-4,6-8H2,(H,11,12,13). The summed E-state index contributed by atoms with van der Waals surface area (Å²) < 4.78 is 5.31. The highest BCUT2D eigenvalue weighted by Crippen LogP contribution is 2.38. The lowest BCUT2D eigenvalue weighted by Crippen LogP contribution is -2.50. The zero-order chi connectivity index (χ0) is 10.1. The van der Waals surface area contributed by atoms with Crippen molar-refractivity contribution >= 4 is 0 Å².